The average Bonchev–Trinajstić information content (AvgIpc) is 2.46. The molecule has 0 radical (unpaired) electrons. The van der Waals surface area contributed by atoms with Crippen molar-refractivity contribution in [3.63, 3.8) is 0 Å². The fourth-order valence-electron chi connectivity index (χ4n) is 1.87. The first-order valence-corrected chi connectivity index (χ1v) is 8.28. The summed E-state index contributed by atoms with van der Waals surface area (Å²) in [5, 5.41) is 0.302. The monoisotopic (exact) mass is 345 g/mol. The molecule has 2 aromatic carbocycles. The van der Waals surface area contributed by atoms with Crippen LogP contribution in [0.4, 0.5) is 8.78 Å². The predicted octanol–water partition coefficient (Wildman–Crippen LogP) is 3.71. The summed E-state index contributed by atoms with van der Waals surface area (Å²) in [6.45, 7) is 2.74. The Kier molecular flexibility index (Phi) is 4.84. The molecule has 0 bridgehead atoms. The molecule has 7 heteroatoms. The Labute approximate surface area is 133 Å². The van der Waals surface area contributed by atoms with Gasteiger partial charge in [-0.3, -0.25) is 0 Å². The van der Waals surface area contributed by atoms with E-state index < -0.39 is 28.2 Å². The van der Waals surface area contributed by atoms with Crippen LogP contribution >= 0.6 is 11.6 Å². The van der Waals surface area contributed by atoms with Crippen molar-refractivity contribution in [1.82, 2.24) is 4.72 Å². The second-order valence-corrected chi connectivity index (χ2v) is 7.07. The summed E-state index contributed by atoms with van der Waals surface area (Å²) in [5.41, 5.74) is 0.659. The van der Waals surface area contributed by atoms with E-state index >= 15 is 0 Å². The molecule has 0 atom stereocenters. The van der Waals surface area contributed by atoms with E-state index in [1.807, 2.05) is 0 Å². The maximum Gasteiger partial charge on any atom is 0.240 e. The van der Waals surface area contributed by atoms with E-state index in [4.69, 9.17) is 11.6 Å². The molecule has 0 aromatic heterocycles. The molecule has 0 saturated heterocycles. The number of halogens is 3. The van der Waals surface area contributed by atoms with Crippen molar-refractivity contribution in [3.8, 4) is 0 Å². The number of sulfonamides is 1. The molecule has 3 nitrogen and oxygen atoms in total. The molecule has 1 N–H and O–H groups in total. The molecule has 0 aliphatic carbocycles. The smallest absolute Gasteiger partial charge is 0.207 e. The molecule has 22 heavy (non-hydrogen) atoms. The Bertz CT molecular complexity index is 823. The van der Waals surface area contributed by atoms with Gasteiger partial charge in [-0.25, -0.2) is 21.9 Å². The minimum absolute atomic E-state index is 0.0587. The van der Waals surface area contributed by atoms with Gasteiger partial charge in [0.15, 0.2) is 0 Å². The molecule has 0 saturated carbocycles. The van der Waals surface area contributed by atoms with Crippen LogP contribution in [0.1, 0.15) is 16.7 Å². The normalized spacial score (nSPS) is 11.7. The molecule has 118 valence electrons. The predicted molar refractivity (Wildman–Crippen MR) is 81.3 cm³/mol. The fourth-order valence-corrected chi connectivity index (χ4v) is 3.13. The van der Waals surface area contributed by atoms with E-state index in [0.717, 1.165) is 11.6 Å². The number of rotatable bonds is 4. The number of aryl methyl sites for hydroxylation is 2. The van der Waals surface area contributed by atoms with E-state index in [1.165, 1.54) is 25.1 Å². The number of benzene rings is 2. The molecule has 0 aliphatic heterocycles. The Morgan fingerprint density at radius 1 is 1.09 bits per heavy atom. The molecule has 0 aliphatic rings. The van der Waals surface area contributed by atoms with Crippen LogP contribution in [0.5, 0.6) is 0 Å². The summed E-state index contributed by atoms with van der Waals surface area (Å²) < 4.78 is 54.0. The van der Waals surface area contributed by atoms with Gasteiger partial charge >= 0.3 is 0 Å². The lowest BCUT2D eigenvalue weighted by atomic mass is 10.1. The molecule has 0 unspecified atom stereocenters. The highest BCUT2D eigenvalue weighted by atomic mass is 35.5. The Morgan fingerprint density at radius 3 is 2.36 bits per heavy atom. The van der Waals surface area contributed by atoms with Gasteiger partial charge < -0.3 is 0 Å². The van der Waals surface area contributed by atoms with E-state index in [1.54, 1.807) is 13.0 Å². The van der Waals surface area contributed by atoms with Crippen LogP contribution in [0.15, 0.2) is 35.2 Å². The SMILES string of the molecule is Cc1ccc(S(=O)(=O)NCc2c(F)ccc(C)c2F)cc1Cl. The summed E-state index contributed by atoms with van der Waals surface area (Å²) in [7, 11) is -3.91. The third-order valence-corrected chi connectivity index (χ3v) is 5.08. The van der Waals surface area contributed by atoms with Gasteiger partial charge in [0.25, 0.3) is 0 Å². The van der Waals surface area contributed by atoms with Crippen molar-refractivity contribution < 1.29 is 17.2 Å². The van der Waals surface area contributed by atoms with E-state index in [-0.39, 0.29) is 16.0 Å². The molecular weight excluding hydrogens is 332 g/mol. The average molecular weight is 346 g/mol. The van der Waals surface area contributed by atoms with Gasteiger partial charge in [0.2, 0.25) is 10.0 Å². The maximum atomic E-state index is 13.9. The van der Waals surface area contributed by atoms with E-state index in [9.17, 15) is 17.2 Å². The summed E-state index contributed by atoms with van der Waals surface area (Å²) in [4.78, 5) is -0.0587. The van der Waals surface area contributed by atoms with Crippen LogP contribution in [0.3, 0.4) is 0 Å². The minimum atomic E-state index is -3.91. The third kappa shape index (κ3) is 3.45. The van der Waals surface area contributed by atoms with Crippen LogP contribution in [0, 0.1) is 25.5 Å². The van der Waals surface area contributed by atoms with Crippen LogP contribution in [-0.2, 0) is 16.6 Å². The second kappa shape index (κ2) is 6.32. The van der Waals surface area contributed by atoms with Gasteiger partial charge in [-0.1, -0.05) is 23.7 Å². The fraction of sp³-hybridized carbons (Fsp3) is 0.200. The van der Waals surface area contributed by atoms with Gasteiger partial charge in [0, 0.05) is 17.1 Å². The highest BCUT2D eigenvalue weighted by Gasteiger charge is 2.18. The minimum Gasteiger partial charge on any atom is -0.207 e. The first-order chi connectivity index (χ1) is 10.2. The quantitative estimate of drug-likeness (QED) is 0.918. The Hall–Kier alpha value is -1.50. The largest absolute Gasteiger partial charge is 0.240 e. The lowest BCUT2D eigenvalue weighted by molar-refractivity contribution is 0.540. The van der Waals surface area contributed by atoms with Crippen LogP contribution in [-0.4, -0.2) is 8.42 Å². The third-order valence-electron chi connectivity index (χ3n) is 3.27. The van der Waals surface area contributed by atoms with Crippen molar-refractivity contribution in [2.75, 3.05) is 0 Å². The van der Waals surface area contributed by atoms with E-state index in [2.05, 4.69) is 4.72 Å². The summed E-state index contributed by atoms with van der Waals surface area (Å²) in [6.07, 6.45) is 0. The maximum absolute atomic E-state index is 13.9. The summed E-state index contributed by atoms with van der Waals surface area (Å²) in [6, 6.07) is 6.63. The lowest BCUT2D eigenvalue weighted by Gasteiger charge is -2.10. The second-order valence-electron chi connectivity index (χ2n) is 4.89. The summed E-state index contributed by atoms with van der Waals surface area (Å²) >= 11 is 5.90. The molecular formula is C15H14ClF2NO2S. The zero-order valence-corrected chi connectivity index (χ0v) is 13.5. The lowest BCUT2D eigenvalue weighted by Crippen LogP contribution is -2.24. The van der Waals surface area contributed by atoms with Gasteiger partial charge in [-0.05, 0) is 43.2 Å². The number of hydrogen-bond acceptors (Lipinski definition) is 2. The van der Waals surface area contributed by atoms with Gasteiger partial charge in [0.1, 0.15) is 11.6 Å². The van der Waals surface area contributed by atoms with Crippen LogP contribution in [0.25, 0.3) is 0 Å². The number of hydrogen-bond donors (Lipinski definition) is 1. The molecule has 2 rings (SSSR count). The molecule has 0 spiro atoms. The van der Waals surface area contributed by atoms with E-state index in [0.29, 0.717) is 5.02 Å². The van der Waals surface area contributed by atoms with Crippen molar-refractivity contribution >= 4 is 21.6 Å². The van der Waals surface area contributed by atoms with Crippen molar-refractivity contribution in [3.05, 3.63) is 63.7 Å². The molecule has 0 amide bonds. The van der Waals surface area contributed by atoms with Crippen molar-refractivity contribution in [2.45, 2.75) is 25.3 Å². The highest BCUT2D eigenvalue weighted by Crippen LogP contribution is 2.21. The zero-order valence-electron chi connectivity index (χ0n) is 12.0. The first-order valence-electron chi connectivity index (χ1n) is 6.41. The van der Waals surface area contributed by atoms with Gasteiger partial charge in [-0.2, -0.15) is 0 Å². The first kappa shape index (κ1) is 16.9. The Balaban J connectivity index is 2.27. The Morgan fingerprint density at radius 2 is 1.73 bits per heavy atom. The highest BCUT2D eigenvalue weighted by molar-refractivity contribution is 7.89. The molecule has 0 heterocycles. The summed E-state index contributed by atoms with van der Waals surface area (Å²) in [5.74, 6) is -1.56. The van der Waals surface area contributed by atoms with Crippen LogP contribution < -0.4 is 4.72 Å². The van der Waals surface area contributed by atoms with Crippen molar-refractivity contribution in [2.24, 2.45) is 0 Å². The van der Waals surface area contributed by atoms with Gasteiger partial charge in [-0.15, -0.1) is 0 Å². The van der Waals surface area contributed by atoms with Crippen molar-refractivity contribution in [1.29, 1.82) is 0 Å². The molecule has 0 fully saturated rings. The van der Waals surface area contributed by atoms with Crippen LogP contribution in [0.2, 0.25) is 5.02 Å². The molecule has 2 aromatic rings. The number of nitrogens with one attached hydrogen (secondary N) is 1. The van der Waals surface area contributed by atoms with Gasteiger partial charge in [0.05, 0.1) is 4.90 Å². The standard InChI is InChI=1S/C15H14ClF2NO2S/c1-9-3-5-11(7-13(9)16)22(20,21)19-8-12-14(17)6-4-10(2)15(12)18/h3-7,19H,8H2,1-2H3. The topological polar surface area (TPSA) is 46.2 Å². The zero-order chi connectivity index (χ0) is 16.5.